The van der Waals surface area contributed by atoms with E-state index in [1.54, 1.807) is 0 Å². The van der Waals surface area contributed by atoms with Crippen LogP contribution in [0.4, 0.5) is 0 Å². The first-order valence-corrected chi connectivity index (χ1v) is 9.57. The molecule has 1 heterocycles. The van der Waals surface area contributed by atoms with Gasteiger partial charge in [-0.15, -0.1) is 0 Å². The van der Waals surface area contributed by atoms with E-state index in [0.717, 1.165) is 51.0 Å². The van der Waals surface area contributed by atoms with Gasteiger partial charge in [0.05, 0.1) is 11.9 Å². The maximum absolute atomic E-state index is 11.3. The molecule has 0 aromatic rings. The zero-order chi connectivity index (χ0) is 14.8. The fraction of sp³-hybridized carbons (Fsp3) is 1.00. The third-order valence-corrected chi connectivity index (χ3v) is 5.37. The van der Waals surface area contributed by atoms with Crippen LogP contribution in [0.15, 0.2) is 0 Å². The summed E-state index contributed by atoms with van der Waals surface area (Å²) < 4.78 is 25.3. The summed E-state index contributed by atoms with van der Waals surface area (Å²) in [7, 11) is -3.14. The van der Waals surface area contributed by atoms with Gasteiger partial charge in [0.1, 0.15) is 0 Å². The predicted octanol–water partition coefficient (Wildman–Crippen LogP) is 0.941. The molecule has 6 heteroatoms. The van der Waals surface area contributed by atoms with Gasteiger partial charge in [-0.3, -0.25) is 4.90 Å². The largest absolute Gasteiger partial charge is 0.389 e. The first-order chi connectivity index (χ1) is 9.26. The number of β-amino-alcohol motifs (C(OH)–C–C–N with tert-alkyl or cyclic N) is 1. The molecule has 1 saturated heterocycles. The lowest BCUT2D eigenvalue weighted by Crippen LogP contribution is -2.52. The molecule has 2 aliphatic rings. The fourth-order valence-corrected chi connectivity index (χ4v) is 4.27. The number of sulfonamides is 1. The summed E-state index contributed by atoms with van der Waals surface area (Å²) in [5.41, 5.74) is -0.570. The monoisotopic (exact) mass is 304 g/mol. The Morgan fingerprint density at radius 2 is 1.95 bits per heavy atom. The average molecular weight is 304 g/mol. The molecule has 0 aromatic carbocycles. The summed E-state index contributed by atoms with van der Waals surface area (Å²) in [5.74, 6) is 0.719. The first kappa shape index (κ1) is 16.2. The standard InChI is InChI=1S/C14H28N2O3S/c1-12-5-7-14(17,8-6-12)11-16-9-3-4-13(10-16)15-20(2,18)19/h12-13,15,17H,3-11H2,1-2H3. The molecule has 1 unspecified atom stereocenters. The smallest absolute Gasteiger partial charge is 0.208 e. The molecule has 1 atom stereocenters. The van der Waals surface area contributed by atoms with E-state index in [9.17, 15) is 13.5 Å². The lowest BCUT2D eigenvalue weighted by atomic mass is 9.79. The van der Waals surface area contributed by atoms with Crippen molar-refractivity contribution in [2.75, 3.05) is 25.9 Å². The lowest BCUT2D eigenvalue weighted by molar-refractivity contribution is -0.0398. The zero-order valence-corrected chi connectivity index (χ0v) is 13.5. The van der Waals surface area contributed by atoms with Crippen molar-refractivity contribution in [3.05, 3.63) is 0 Å². The van der Waals surface area contributed by atoms with Crippen LogP contribution in [0.1, 0.15) is 45.4 Å². The summed E-state index contributed by atoms with van der Waals surface area (Å²) >= 11 is 0. The van der Waals surface area contributed by atoms with Gasteiger partial charge in [-0.05, 0) is 51.0 Å². The van der Waals surface area contributed by atoms with Crippen LogP contribution in [-0.4, -0.2) is 56.0 Å². The first-order valence-electron chi connectivity index (χ1n) is 7.68. The molecule has 20 heavy (non-hydrogen) atoms. The topological polar surface area (TPSA) is 69.6 Å². The number of rotatable bonds is 4. The van der Waals surface area contributed by atoms with Gasteiger partial charge in [0.2, 0.25) is 10.0 Å². The van der Waals surface area contributed by atoms with Crippen molar-refractivity contribution in [3.8, 4) is 0 Å². The second-order valence-electron chi connectivity index (χ2n) is 6.87. The maximum atomic E-state index is 11.3. The Balaban J connectivity index is 1.86. The van der Waals surface area contributed by atoms with Crippen LogP contribution in [0, 0.1) is 5.92 Å². The highest BCUT2D eigenvalue weighted by atomic mass is 32.2. The summed E-state index contributed by atoms with van der Waals surface area (Å²) in [5, 5.41) is 10.7. The van der Waals surface area contributed by atoms with Gasteiger partial charge in [0.25, 0.3) is 0 Å². The third-order valence-electron chi connectivity index (χ3n) is 4.61. The maximum Gasteiger partial charge on any atom is 0.208 e. The van der Waals surface area contributed by atoms with Crippen LogP contribution in [0.3, 0.4) is 0 Å². The number of hydrogen-bond acceptors (Lipinski definition) is 4. The van der Waals surface area contributed by atoms with Gasteiger partial charge in [0.15, 0.2) is 0 Å². The number of hydrogen-bond donors (Lipinski definition) is 2. The van der Waals surface area contributed by atoms with Gasteiger partial charge in [-0.2, -0.15) is 0 Å². The van der Waals surface area contributed by atoms with E-state index < -0.39 is 15.6 Å². The van der Waals surface area contributed by atoms with Gasteiger partial charge < -0.3 is 5.11 Å². The molecule has 2 rings (SSSR count). The zero-order valence-electron chi connectivity index (χ0n) is 12.6. The third kappa shape index (κ3) is 4.98. The molecule has 0 bridgehead atoms. The van der Waals surface area contributed by atoms with Gasteiger partial charge in [-0.1, -0.05) is 6.92 Å². The molecule has 118 valence electrons. The Bertz CT molecular complexity index is 416. The van der Waals surface area contributed by atoms with Crippen molar-refractivity contribution in [3.63, 3.8) is 0 Å². The summed E-state index contributed by atoms with van der Waals surface area (Å²) in [6.07, 6.45) is 7.01. The van der Waals surface area contributed by atoms with Crippen LogP contribution in [0.2, 0.25) is 0 Å². The summed E-state index contributed by atoms with van der Waals surface area (Å²) in [6.45, 7) is 4.60. The normalized spacial score (nSPS) is 37.0. The summed E-state index contributed by atoms with van der Waals surface area (Å²) in [4.78, 5) is 2.22. The number of nitrogens with one attached hydrogen (secondary N) is 1. The molecule has 1 aliphatic heterocycles. The van der Waals surface area contributed by atoms with E-state index in [4.69, 9.17) is 0 Å². The molecule has 1 aliphatic carbocycles. The van der Waals surface area contributed by atoms with E-state index >= 15 is 0 Å². The number of likely N-dealkylation sites (tertiary alicyclic amines) is 1. The second kappa shape index (κ2) is 6.30. The molecule has 2 N–H and O–H groups in total. The van der Waals surface area contributed by atoms with Crippen molar-refractivity contribution in [1.82, 2.24) is 9.62 Å². The molecule has 0 amide bonds. The van der Waals surface area contributed by atoms with Crippen LogP contribution in [0.5, 0.6) is 0 Å². The Kier molecular flexibility index (Phi) is 5.10. The minimum Gasteiger partial charge on any atom is -0.389 e. The molecule has 0 aromatic heterocycles. The molecule has 5 nitrogen and oxygen atoms in total. The highest BCUT2D eigenvalue weighted by Gasteiger charge is 2.35. The van der Waals surface area contributed by atoms with Crippen LogP contribution in [-0.2, 0) is 10.0 Å². The molecular formula is C14H28N2O3S. The summed E-state index contributed by atoms with van der Waals surface area (Å²) in [6, 6.07) is -0.00939. The molecule has 1 saturated carbocycles. The molecule has 0 radical (unpaired) electrons. The second-order valence-corrected chi connectivity index (χ2v) is 8.65. The molecule has 2 fully saturated rings. The van der Waals surface area contributed by atoms with E-state index in [0.29, 0.717) is 13.1 Å². The van der Waals surface area contributed by atoms with E-state index in [2.05, 4.69) is 16.5 Å². The Labute approximate surface area is 122 Å². The molecular weight excluding hydrogens is 276 g/mol. The fourth-order valence-electron chi connectivity index (χ4n) is 3.47. The van der Waals surface area contributed by atoms with Crippen LogP contribution < -0.4 is 4.72 Å². The van der Waals surface area contributed by atoms with Crippen LogP contribution in [0.25, 0.3) is 0 Å². The Hall–Kier alpha value is -0.170. The van der Waals surface area contributed by atoms with Gasteiger partial charge >= 0.3 is 0 Å². The van der Waals surface area contributed by atoms with Crippen molar-refractivity contribution >= 4 is 10.0 Å². The Morgan fingerprint density at radius 3 is 2.55 bits per heavy atom. The average Bonchev–Trinajstić information content (AvgIpc) is 2.31. The lowest BCUT2D eigenvalue weighted by Gasteiger charge is -2.41. The molecule has 0 spiro atoms. The van der Waals surface area contributed by atoms with Crippen LogP contribution >= 0.6 is 0 Å². The highest BCUT2D eigenvalue weighted by Crippen LogP contribution is 2.32. The van der Waals surface area contributed by atoms with E-state index in [1.165, 1.54) is 6.26 Å². The quantitative estimate of drug-likeness (QED) is 0.811. The van der Waals surface area contributed by atoms with E-state index in [1.807, 2.05) is 0 Å². The van der Waals surface area contributed by atoms with Crippen molar-refractivity contribution in [2.45, 2.75) is 57.1 Å². The number of nitrogens with zero attached hydrogens (tertiary/aromatic N) is 1. The SMILES string of the molecule is CC1CCC(O)(CN2CCCC(NS(C)(=O)=O)C2)CC1. The Morgan fingerprint density at radius 1 is 1.30 bits per heavy atom. The van der Waals surface area contributed by atoms with E-state index in [-0.39, 0.29) is 6.04 Å². The van der Waals surface area contributed by atoms with Gasteiger partial charge in [-0.25, -0.2) is 13.1 Å². The van der Waals surface area contributed by atoms with Crippen molar-refractivity contribution in [2.24, 2.45) is 5.92 Å². The minimum absolute atomic E-state index is 0.00939. The highest BCUT2D eigenvalue weighted by molar-refractivity contribution is 7.88. The minimum atomic E-state index is -3.14. The number of aliphatic hydroxyl groups is 1. The predicted molar refractivity (Wildman–Crippen MR) is 80.0 cm³/mol. The van der Waals surface area contributed by atoms with Gasteiger partial charge in [0, 0.05) is 19.1 Å². The van der Waals surface area contributed by atoms with Crippen molar-refractivity contribution < 1.29 is 13.5 Å². The number of piperidine rings is 1. The van der Waals surface area contributed by atoms with Crippen molar-refractivity contribution in [1.29, 1.82) is 0 Å².